The van der Waals surface area contributed by atoms with E-state index in [-0.39, 0.29) is 0 Å². The van der Waals surface area contributed by atoms with E-state index >= 15 is 0 Å². The largest absolute Gasteiger partial charge is 0.359 e. The van der Waals surface area contributed by atoms with Crippen LogP contribution in [0.4, 0.5) is 0 Å². The van der Waals surface area contributed by atoms with Crippen molar-refractivity contribution in [3.05, 3.63) is 0 Å². The molecule has 0 aliphatic heterocycles. The molecule has 0 aromatic rings. The highest BCUT2D eigenvalue weighted by molar-refractivity contribution is 7.85. The number of hydrogen-bond acceptors (Lipinski definition) is 37. The van der Waals surface area contributed by atoms with Crippen molar-refractivity contribution in [1.29, 1.82) is 0 Å². The van der Waals surface area contributed by atoms with Crippen LogP contribution in [0.5, 0.6) is 0 Å². The number of hydrogen-bond donors (Lipinski definition) is 14. The molecule has 0 heterocycles. The second-order valence-electron chi connectivity index (χ2n) is 27.7. The topological polar surface area (TPSA) is 733 Å². The zero-order chi connectivity index (χ0) is 115. The zero-order valence-corrected chi connectivity index (χ0v) is 95.7. The minimum Gasteiger partial charge on any atom is -0.304 e. The van der Waals surface area contributed by atoms with E-state index in [1.807, 2.05) is 0 Å². The molecule has 0 aliphatic carbocycles. The summed E-state index contributed by atoms with van der Waals surface area (Å²) in [5.74, 6) is -10.7. The molecular formula is C82H184N16O35S7. The lowest BCUT2D eigenvalue weighted by molar-refractivity contribution is -0.127. The molecule has 0 bridgehead atoms. The molecule has 140 heavy (non-hydrogen) atoms. The first-order chi connectivity index (χ1) is 63.8. The molecule has 51 nitrogen and oxygen atoms in total. The molecule has 0 unspecified atom stereocenters. The lowest BCUT2D eigenvalue weighted by Gasteiger charge is -2.13. The molecule has 0 saturated heterocycles. The van der Waals surface area contributed by atoms with Crippen molar-refractivity contribution < 1.29 is 158 Å². The van der Waals surface area contributed by atoms with Crippen molar-refractivity contribution >= 4 is 154 Å². The smallest absolute Gasteiger partial charge is 0.304 e. The molecule has 0 aromatic carbocycles. The minimum absolute atomic E-state index is 0.480. The Balaban J connectivity index is -0.0000000840. The van der Waals surface area contributed by atoms with E-state index in [1.165, 1.54) is 210 Å². The summed E-state index contributed by atoms with van der Waals surface area (Å²) >= 11 is 0. The van der Waals surface area contributed by atoms with E-state index in [9.17, 15) is 126 Å². The maximum absolute atomic E-state index is 10.4. The van der Waals surface area contributed by atoms with Gasteiger partial charge in [0.2, 0.25) is 41.4 Å². The van der Waals surface area contributed by atoms with Gasteiger partial charge in [0, 0.05) is 0 Å². The SMILES string of the molecule is CC(=O)CC(=O)NS(=O)(=O)O.CC(=O)CC(=O)NS(=O)(=O)O.CC(=O)CC(=O)NS(=O)(=O)O.CC(=O)CC(=O)NS(=O)(=O)O.CC(=O)CC(=O)NS(=O)(=O)O.CC(=O)CC(=O)NS(=O)(=O)O.CC(=O)CC(=O)NS(=O)(=O)O.CCN(CC)CC.CCN(CC)CC.CCN(CC)CC.CCN(CC)CC.CCN(CC)CC.CCN(CC)CC.CCN(CC)CC.CCN(CC)CC.CCN(CC)CC. The molecule has 0 saturated carbocycles. The van der Waals surface area contributed by atoms with E-state index in [4.69, 9.17) is 31.9 Å². The van der Waals surface area contributed by atoms with Crippen LogP contribution in [0.25, 0.3) is 0 Å². The van der Waals surface area contributed by atoms with Crippen molar-refractivity contribution in [2.45, 2.75) is 280 Å². The van der Waals surface area contributed by atoms with Crippen LogP contribution in [-0.4, -0.2) is 393 Å². The number of amides is 7. The molecule has 0 radical (unpaired) electrons. The number of carbonyl (C=O) groups excluding carboxylic acids is 14. The Morgan fingerprint density at radius 1 is 0.143 bits per heavy atom. The Kier molecular flexibility index (Phi) is 130. The second-order valence-corrected chi connectivity index (χ2v) is 35.8. The highest BCUT2D eigenvalue weighted by atomic mass is 32.3. The quantitative estimate of drug-likeness (QED) is 0.0298. The first-order valence-corrected chi connectivity index (χ1v) is 55.8. The standard InChI is InChI=1S/9C6H15N.7C4H7NO5S/c9*1-4-7(5-2)6-3;7*1-3(6)2-4(7)5-11(8,9)10/h9*4-6H2,1-3H3;7*2H2,1H3,(H,5,7)(H,8,9,10). The summed E-state index contributed by atoms with van der Waals surface area (Å²) in [6, 6.07) is 0. The van der Waals surface area contributed by atoms with Gasteiger partial charge < -0.3 is 44.1 Å². The van der Waals surface area contributed by atoms with E-state index in [1.54, 1.807) is 0 Å². The van der Waals surface area contributed by atoms with Gasteiger partial charge in [0.1, 0.15) is 40.5 Å². The molecule has 0 rings (SSSR count). The van der Waals surface area contributed by atoms with Gasteiger partial charge in [0.25, 0.3) is 0 Å². The number of nitrogens with zero attached hydrogens (tertiary/aromatic N) is 9. The highest BCUT2D eigenvalue weighted by Crippen LogP contribution is 1.93. The number of Topliss-reactive ketones (excluding diaryl/α,β-unsaturated/α-hetero) is 7. The third kappa shape index (κ3) is 183. The fourth-order valence-corrected chi connectivity index (χ4v) is 11.4. The Morgan fingerprint density at radius 3 is 0.214 bits per heavy atom. The monoisotopic (exact) mass is 2180 g/mol. The van der Waals surface area contributed by atoms with Crippen LogP contribution in [0.2, 0.25) is 0 Å². The number of carbonyl (C=O) groups is 14. The molecular weight excluding hydrogens is 1990 g/mol. The number of ketones is 7. The van der Waals surface area contributed by atoms with Gasteiger partial charge in [0.15, 0.2) is 0 Å². The summed E-state index contributed by atoms with van der Waals surface area (Å²) < 4.78 is 204. The van der Waals surface area contributed by atoms with E-state index in [0.717, 1.165) is 48.5 Å². The predicted octanol–water partition coefficient (Wildman–Crippen LogP) is 4.32. The van der Waals surface area contributed by atoms with Gasteiger partial charge in [-0.05, 0) is 225 Å². The fraction of sp³-hybridized carbons (Fsp3) is 0.829. The second kappa shape index (κ2) is 108. The number of nitrogens with one attached hydrogen (secondary N) is 7. The summed E-state index contributed by atoms with van der Waals surface area (Å²) in [5.41, 5.74) is 0. The van der Waals surface area contributed by atoms with Gasteiger partial charge in [-0.1, -0.05) is 187 Å². The molecule has 0 atom stereocenters. The summed E-state index contributed by atoms with van der Waals surface area (Å²) in [4.78, 5) is 166. The van der Waals surface area contributed by atoms with Crippen molar-refractivity contribution in [2.24, 2.45) is 0 Å². The minimum atomic E-state index is -4.52. The van der Waals surface area contributed by atoms with Crippen LogP contribution < -0.4 is 33.1 Å². The summed E-state index contributed by atoms with van der Waals surface area (Å²) in [6.45, 7) is 99.0. The fourth-order valence-electron chi connectivity index (χ4n) is 8.88. The van der Waals surface area contributed by atoms with Gasteiger partial charge in [-0.3, -0.25) is 99.0 Å². The van der Waals surface area contributed by atoms with Crippen molar-refractivity contribution in [3.8, 4) is 0 Å². The van der Waals surface area contributed by atoms with Crippen molar-refractivity contribution in [1.82, 2.24) is 77.2 Å². The highest BCUT2D eigenvalue weighted by Gasteiger charge is 2.17. The predicted molar refractivity (Wildman–Crippen MR) is 546 cm³/mol. The maximum atomic E-state index is 10.4. The van der Waals surface area contributed by atoms with E-state index in [0.29, 0.717) is 0 Å². The molecule has 7 amide bonds. The third-order valence-electron chi connectivity index (χ3n) is 16.6. The normalized spacial score (nSPS) is 10.5. The van der Waals surface area contributed by atoms with Gasteiger partial charge in [-0.25, -0.2) is 33.1 Å². The Labute approximate surface area is 841 Å². The summed E-state index contributed by atoms with van der Waals surface area (Å²) in [5, 5.41) is 0. The van der Waals surface area contributed by atoms with E-state index in [2.05, 4.69) is 231 Å². The van der Waals surface area contributed by atoms with Gasteiger partial charge in [-0.15, -0.1) is 0 Å². The Hall–Kier alpha value is -7.01. The van der Waals surface area contributed by atoms with Gasteiger partial charge in [0.05, 0.1) is 44.9 Å². The van der Waals surface area contributed by atoms with Crippen LogP contribution in [0, 0.1) is 0 Å². The number of rotatable bonds is 48. The molecule has 844 valence electrons. The average Bonchev–Trinajstić information content (AvgIpc) is 0.970. The van der Waals surface area contributed by atoms with Crippen LogP contribution in [-0.2, 0) is 139 Å². The van der Waals surface area contributed by atoms with E-state index < -0.39 is 199 Å². The molecule has 0 aliphatic rings. The molecule has 0 fully saturated rings. The van der Waals surface area contributed by atoms with Crippen LogP contribution in [0.15, 0.2) is 0 Å². The molecule has 0 spiro atoms. The first-order valence-electron chi connectivity index (χ1n) is 45.7. The summed E-state index contributed by atoms with van der Waals surface area (Å²) in [6.07, 6.45) is -3.89. The third-order valence-corrected chi connectivity index (χ3v) is 20.0. The molecule has 14 N–H and O–H groups in total. The molecule has 0 aromatic heterocycles. The Morgan fingerprint density at radius 2 is 0.193 bits per heavy atom. The lowest BCUT2D eigenvalue weighted by Crippen LogP contribution is -2.30. The lowest BCUT2D eigenvalue weighted by atomic mass is 10.3. The summed E-state index contributed by atoms with van der Waals surface area (Å²) in [7, 11) is -31.6. The molecule has 58 heteroatoms. The van der Waals surface area contributed by atoms with Gasteiger partial charge >= 0.3 is 72.1 Å². The zero-order valence-electron chi connectivity index (χ0n) is 90.0. The van der Waals surface area contributed by atoms with Crippen LogP contribution in [0.1, 0.15) is 280 Å². The van der Waals surface area contributed by atoms with Crippen molar-refractivity contribution in [3.63, 3.8) is 0 Å². The average molecular weight is 2180 g/mol. The Bertz CT molecular complexity index is 3260. The van der Waals surface area contributed by atoms with Crippen LogP contribution >= 0.6 is 0 Å². The van der Waals surface area contributed by atoms with Gasteiger partial charge in [-0.2, -0.15) is 58.9 Å². The van der Waals surface area contributed by atoms with Crippen molar-refractivity contribution in [2.75, 3.05) is 177 Å². The van der Waals surface area contributed by atoms with Crippen LogP contribution in [0.3, 0.4) is 0 Å². The maximum Gasteiger partial charge on any atom is 0.359 e. The first kappa shape index (κ1) is 169.